The molecular weight excluding hydrogens is 619 g/mol. The van der Waals surface area contributed by atoms with Crippen molar-refractivity contribution in [2.75, 3.05) is 0 Å². The zero-order chi connectivity index (χ0) is 29.9. The van der Waals surface area contributed by atoms with E-state index in [4.69, 9.17) is 46.6 Å². The molecule has 0 aromatic heterocycles. The van der Waals surface area contributed by atoms with Crippen LogP contribution in [0.2, 0.25) is 10.0 Å². The number of nitrogens with one attached hydrogen (secondary N) is 1. The molecule has 0 aliphatic carbocycles. The molecule has 11 heteroatoms. The quantitative estimate of drug-likeness (QED) is 0.0812. The van der Waals surface area contributed by atoms with Crippen LogP contribution in [0.4, 0.5) is 0 Å². The molecule has 0 fully saturated rings. The Morgan fingerprint density at radius 1 is 0.683 bits per heavy atom. The lowest BCUT2D eigenvalue weighted by molar-refractivity contribution is -0.137. The minimum absolute atomic E-state index is 0.218. The maximum atomic E-state index is 11.2. The average Bonchev–Trinajstić information content (AvgIpc) is 2.96. The molecule has 41 heavy (non-hydrogen) atoms. The Kier molecular flexibility index (Phi) is 12.2. The molecular formula is C30H24Cl2N2O4S3. The standard InChI is InChI=1S/C15H13ClN2O2S.C15H11ClO2S2/c16-12-7-5-10(6-8-12)9-1-3-11(4-2-9)13(14(19)20)21-15(17)18;16-13-7-5-11(6-8-13)10-1-3-12(4-2-10)14(15(17)18)20-9-19/h1-8,13H,(H3,17,18)(H,19,20);1-9,14H,(H,17,18). The van der Waals surface area contributed by atoms with Crippen molar-refractivity contribution >= 4 is 80.7 Å². The van der Waals surface area contributed by atoms with E-state index < -0.39 is 22.4 Å². The maximum Gasteiger partial charge on any atom is 0.321 e. The Morgan fingerprint density at radius 3 is 1.29 bits per heavy atom. The van der Waals surface area contributed by atoms with Gasteiger partial charge in [-0.1, -0.05) is 120 Å². The third-order valence-electron chi connectivity index (χ3n) is 5.67. The number of carboxylic acids is 2. The van der Waals surface area contributed by atoms with Crippen molar-refractivity contribution in [3.8, 4) is 22.3 Å². The highest BCUT2D eigenvalue weighted by Crippen LogP contribution is 2.32. The van der Waals surface area contributed by atoms with E-state index in [1.54, 1.807) is 24.3 Å². The molecule has 2 atom stereocenters. The van der Waals surface area contributed by atoms with E-state index >= 15 is 0 Å². The monoisotopic (exact) mass is 642 g/mol. The summed E-state index contributed by atoms with van der Waals surface area (Å²) in [5.41, 5.74) is 10.6. The van der Waals surface area contributed by atoms with E-state index in [1.807, 2.05) is 72.8 Å². The fourth-order valence-electron chi connectivity index (χ4n) is 3.71. The van der Waals surface area contributed by atoms with Gasteiger partial charge in [0, 0.05) is 14.7 Å². The number of thiocarbonyl (C=S) groups is 1. The van der Waals surface area contributed by atoms with Crippen molar-refractivity contribution in [3.63, 3.8) is 0 Å². The normalized spacial score (nSPS) is 11.9. The first-order valence-electron chi connectivity index (χ1n) is 11.9. The topological polar surface area (TPSA) is 124 Å². The fraction of sp³-hybridized carbons (Fsp3) is 0.0667. The average molecular weight is 644 g/mol. The van der Waals surface area contributed by atoms with Gasteiger partial charge in [-0.15, -0.1) is 11.8 Å². The van der Waals surface area contributed by atoms with Crippen molar-refractivity contribution in [1.29, 1.82) is 5.41 Å². The number of carboxylic acid groups (broad SMARTS) is 2. The second-order valence-corrected chi connectivity index (χ2v) is 11.9. The minimum Gasteiger partial charge on any atom is -0.480 e. The number of benzene rings is 4. The molecule has 4 rings (SSSR count). The molecule has 0 bridgehead atoms. The largest absolute Gasteiger partial charge is 0.480 e. The number of hydrogen-bond acceptors (Lipinski definition) is 6. The number of aliphatic carboxylic acids is 2. The molecule has 0 spiro atoms. The smallest absolute Gasteiger partial charge is 0.321 e. The molecule has 0 saturated heterocycles. The fourth-order valence-corrected chi connectivity index (χ4v) is 5.48. The Bertz CT molecular complexity index is 1500. The lowest BCUT2D eigenvalue weighted by Gasteiger charge is -2.12. The Labute approximate surface area is 261 Å². The number of nitrogens with two attached hydrogens (primary N) is 1. The van der Waals surface area contributed by atoms with Crippen molar-refractivity contribution in [2.45, 2.75) is 10.5 Å². The van der Waals surface area contributed by atoms with Gasteiger partial charge < -0.3 is 15.9 Å². The predicted molar refractivity (Wildman–Crippen MR) is 175 cm³/mol. The van der Waals surface area contributed by atoms with Gasteiger partial charge in [0.2, 0.25) is 0 Å². The number of hydrogen-bond donors (Lipinski definition) is 4. The van der Waals surface area contributed by atoms with Crippen LogP contribution in [0.1, 0.15) is 21.6 Å². The number of thioether (sulfide) groups is 2. The highest BCUT2D eigenvalue weighted by atomic mass is 35.5. The van der Waals surface area contributed by atoms with Crippen molar-refractivity contribution in [2.24, 2.45) is 5.73 Å². The highest BCUT2D eigenvalue weighted by molar-refractivity contribution is 8.21. The van der Waals surface area contributed by atoms with Crippen LogP contribution in [-0.2, 0) is 9.59 Å². The Hall–Kier alpha value is -3.34. The molecule has 210 valence electrons. The van der Waals surface area contributed by atoms with Gasteiger partial charge in [0.1, 0.15) is 10.5 Å². The molecule has 2 unspecified atom stereocenters. The number of rotatable bonds is 9. The molecule has 0 radical (unpaired) electrons. The number of amidine groups is 1. The minimum atomic E-state index is -1.02. The van der Waals surface area contributed by atoms with Crippen LogP contribution in [0.25, 0.3) is 22.3 Å². The van der Waals surface area contributed by atoms with Crippen LogP contribution in [-0.4, -0.2) is 32.0 Å². The summed E-state index contributed by atoms with van der Waals surface area (Å²) in [5, 5.41) is 25.2. The zero-order valence-electron chi connectivity index (χ0n) is 21.2. The summed E-state index contributed by atoms with van der Waals surface area (Å²) in [7, 11) is 0. The molecule has 6 nitrogen and oxygen atoms in total. The molecule has 0 aliphatic rings. The van der Waals surface area contributed by atoms with E-state index in [1.165, 1.54) is 4.70 Å². The van der Waals surface area contributed by atoms with Gasteiger partial charge in [0.15, 0.2) is 5.17 Å². The van der Waals surface area contributed by atoms with Gasteiger partial charge in [-0.05, 0) is 57.6 Å². The third kappa shape index (κ3) is 9.62. The summed E-state index contributed by atoms with van der Waals surface area (Å²) in [6.07, 6.45) is 0. The van der Waals surface area contributed by atoms with Crippen molar-refractivity contribution < 1.29 is 19.8 Å². The van der Waals surface area contributed by atoms with Crippen LogP contribution in [0.3, 0.4) is 0 Å². The van der Waals surface area contributed by atoms with Gasteiger partial charge in [0.25, 0.3) is 0 Å². The van der Waals surface area contributed by atoms with E-state index in [9.17, 15) is 19.8 Å². The summed E-state index contributed by atoms with van der Waals surface area (Å²) in [6.45, 7) is 0. The van der Waals surface area contributed by atoms with E-state index in [2.05, 4.69) is 0 Å². The van der Waals surface area contributed by atoms with Crippen molar-refractivity contribution in [3.05, 3.63) is 118 Å². The SMILES string of the molecule is N=C(N)SC(C(=O)O)c1ccc(-c2ccc(Cl)cc2)cc1.O=C(O)C(SC=S)c1ccc(-c2ccc(Cl)cc2)cc1. The summed E-state index contributed by atoms with van der Waals surface area (Å²) < 4.78 is 1.38. The lowest BCUT2D eigenvalue weighted by atomic mass is 10.0. The third-order valence-corrected chi connectivity index (χ3v) is 8.32. The van der Waals surface area contributed by atoms with Gasteiger partial charge in [-0.2, -0.15) is 0 Å². The van der Waals surface area contributed by atoms with E-state index in [0.29, 0.717) is 15.6 Å². The first-order chi connectivity index (χ1) is 19.6. The molecule has 4 aromatic carbocycles. The lowest BCUT2D eigenvalue weighted by Crippen LogP contribution is -2.14. The van der Waals surface area contributed by atoms with E-state index in [-0.39, 0.29) is 5.17 Å². The number of halogens is 2. The van der Waals surface area contributed by atoms with Crippen LogP contribution in [0.5, 0.6) is 0 Å². The Morgan fingerprint density at radius 2 is 1.00 bits per heavy atom. The van der Waals surface area contributed by atoms with Crippen LogP contribution in [0, 0.1) is 5.41 Å². The molecule has 0 aliphatic heterocycles. The second kappa shape index (κ2) is 15.6. The summed E-state index contributed by atoms with van der Waals surface area (Å²) in [5.74, 6) is -1.91. The Balaban J connectivity index is 0.000000226. The molecule has 0 amide bonds. The molecule has 0 heterocycles. The van der Waals surface area contributed by atoms with Crippen LogP contribution in [0.15, 0.2) is 97.1 Å². The molecule has 5 N–H and O–H groups in total. The molecule has 0 saturated carbocycles. The highest BCUT2D eigenvalue weighted by Gasteiger charge is 2.22. The second-order valence-electron chi connectivity index (χ2n) is 8.41. The number of carbonyl (C=O) groups is 2. The molecule has 4 aromatic rings. The maximum absolute atomic E-state index is 11.2. The van der Waals surface area contributed by atoms with Crippen LogP contribution < -0.4 is 5.73 Å². The van der Waals surface area contributed by atoms with Gasteiger partial charge in [-0.3, -0.25) is 15.0 Å². The predicted octanol–water partition coefficient (Wildman–Crippen LogP) is 8.58. The van der Waals surface area contributed by atoms with Crippen molar-refractivity contribution in [1.82, 2.24) is 0 Å². The van der Waals surface area contributed by atoms with Gasteiger partial charge >= 0.3 is 11.9 Å². The van der Waals surface area contributed by atoms with Gasteiger partial charge in [-0.25, -0.2) is 0 Å². The van der Waals surface area contributed by atoms with Crippen LogP contribution >= 0.6 is 58.9 Å². The first kappa shape index (κ1) is 32.2. The van der Waals surface area contributed by atoms with E-state index in [0.717, 1.165) is 51.3 Å². The first-order valence-corrected chi connectivity index (χ1v) is 14.9. The summed E-state index contributed by atoms with van der Waals surface area (Å²) in [6, 6.07) is 29.5. The summed E-state index contributed by atoms with van der Waals surface area (Å²) >= 11 is 18.4. The summed E-state index contributed by atoms with van der Waals surface area (Å²) in [4.78, 5) is 22.4. The van der Waals surface area contributed by atoms with Gasteiger partial charge in [0.05, 0.1) is 0 Å². The zero-order valence-corrected chi connectivity index (χ0v) is 25.2.